The quantitative estimate of drug-likeness (QED) is 0.575. The van der Waals surface area contributed by atoms with Gasteiger partial charge in [-0.05, 0) is 42.8 Å². The molecule has 5 heteroatoms. The Morgan fingerprint density at radius 1 is 1.00 bits per heavy atom. The molecule has 0 atom stereocenters. The Bertz CT molecular complexity index is 1010. The largest absolute Gasteiger partial charge is 0.347 e. The van der Waals surface area contributed by atoms with Gasteiger partial charge in [-0.25, -0.2) is 4.68 Å². The number of nitrogens with one attached hydrogen (secondary N) is 1. The van der Waals surface area contributed by atoms with E-state index in [-0.39, 0.29) is 5.91 Å². The van der Waals surface area contributed by atoms with Crippen LogP contribution in [0.5, 0.6) is 0 Å². The normalized spacial score (nSPS) is 10.6. The fourth-order valence-electron chi connectivity index (χ4n) is 2.96. The Labute approximate surface area is 163 Å². The third kappa shape index (κ3) is 3.83. The lowest BCUT2D eigenvalue weighted by molar-refractivity contribution is 0.0945. The molecule has 0 spiro atoms. The van der Waals surface area contributed by atoms with E-state index in [9.17, 15) is 4.79 Å². The van der Waals surface area contributed by atoms with Gasteiger partial charge in [0.1, 0.15) is 0 Å². The summed E-state index contributed by atoms with van der Waals surface area (Å²) in [6, 6.07) is 23.5. The molecule has 28 heavy (non-hydrogen) atoms. The molecule has 0 fully saturated rings. The van der Waals surface area contributed by atoms with Gasteiger partial charge in [0.25, 0.3) is 5.91 Å². The Kier molecular flexibility index (Phi) is 4.97. The van der Waals surface area contributed by atoms with Crippen LogP contribution in [-0.4, -0.2) is 20.7 Å². The number of hydrogen-bond donors (Lipinski definition) is 1. The van der Waals surface area contributed by atoms with Crippen LogP contribution in [0.4, 0.5) is 0 Å². The molecule has 4 rings (SSSR count). The lowest BCUT2D eigenvalue weighted by Crippen LogP contribution is -2.23. The number of carbonyl (C=O) groups excluding carboxylic acids is 1. The Balaban J connectivity index is 1.63. The number of rotatable bonds is 5. The molecule has 0 aliphatic rings. The predicted molar refractivity (Wildman–Crippen MR) is 109 cm³/mol. The highest BCUT2D eigenvalue weighted by Gasteiger charge is 2.16. The molecule has 0 radical (unpaired) electrons. The van der Waals surface area contributed by atoms with Crippen molar-refractivity contribution < 1.29 is 4.79 Å². The molecular weight excluding hydrogens is 348 g/mol. The molecule has 0 bridgehead atoms. The van der Waals surface area contributed by atoms with Crippen molar-refractivity contribution in [2.45, 2.75) is 13.5 Å². The topological polar surface area (TPSA) is 59.8 Å². The summed E-state index contributed by atoms with van der Waals surface area (Å²) in [6.45, 7) is 2.50. The van der Waals surface area contributed by atoms with E-state index in [1.54, 1.807) is 23.1 Å². The third-order valence-electron chi connectivity index (χ3n) is 4.47. The van der Waals surface area contributed by atoms with Crippen LogP contribution >= 0.6 is 0 Å². The minimum absolute atomic E-state index is 0.208. The van der Waals surface area contributed by atoms with Gasteiger partial charge in [0, 0.05) is 24.5 Å². The van der Waals surface area contributed by atoms with Gasteiger partial charge in [-0.1, -0.05) is 48.0 Å². The molecule has 4 aromatic rings. The number of amides is 1. The number of nitrogens with zero attached hydrogens (tertiary/aromatic N) is 3. The van der Waals surface area contributed by atoms with Crippen LogP contribution < -0.4 is 5.32 Å². The van der Waals surface area contributed by atoms with E-state index in [0.29, 0.717) is 12.2 Å². The van der Waals surface area contributed by atoms with Gasteiger partial charge in [-0.3, -0.25) is 9.78 Å². The van der Waals surface area contributed by atoms with Gasteiger partial charge in [0.15, 0.2) is 5.69 Å². The van der Waals surface area contributed by atoms with Crippen molar-refractivity contribution in [3.63, 3.8) is 0 Å². The van der Waals surface area contributed by atoms with E-state index < -0.39 is 0 Å². The van der Waals surface area contributed by atoms with Crippen molar-refractivity contribution in [2.75, 3.05) is 0 Å². The minimum Gasteiger partial charge on any atom is -0.347 e. The Morgan fingerprint density at radius 3 is 2.50 bits per heavy atom. The molecule has 0 aliphatic carbocycles. The fraction of sp³-hybridized carbons (Fsp3) is 0.0870. The number of hydrogen-bond acceptors (Lipinski definition) is 3. The standard InChI is InChI=1S/C23H20N4O/c1-17-9-11-18(12-10-17)15-25-23(28)21-14-22(19-6-5-13-24-16-19)27(26-21)20-7-3-2-4-8-20/h2-14,16H,15H2,1H3,(H,25,28). The summed E-state index contributed by atoms with van der Waals surface area (Å²) in [7, 11) is 0. The maximum absolute atomic E-state index is 12.7. The predicted octanol–water partition coefficient (Wildman–Crippen LogP) is 4.17. The van der Waals surface area contributed by atoms with Crippen LogP contribution in [0.15, 0.2) is 85.2 Å². The van der Waals surface area contributed by atoms with Crippen LogP contribution in [-0.2, 0) is 6.54 Å². The van der Waals surface area contributed by atoms with Gasteiger partial charge >= 0.3 is 0 Å². The van der Waals surface area contributed by atoms with Crippen molar-refractivity contribution in [3.8, 4) is 16.9 Å². The van der Waals surface area contributed by atoms with Crippen LogP contribution in [0.25, 0.3) is 16.9 Å². The molecule has 2 heterocycles. The summed E-state index contributed by atoms with van der Waals surface area (Å²) in [6.07, 6.45) is 3.49. The average molecular weight is 368 g/mol. The molecule has 5 nitrogen and oxygen atoms in total. The Morgan fingerprint density at radius 2 is 1.79 bits per heavy atom. The summed E-state index contributed by atoms with van der Waals surface area (Å²) in [5, 5.41) is 7.51. The van der Waals surface area contributed by atoms with E-state index in [1.165, 1.54) is 5.56 Å². The summed E-state index contributed by atoms with van der Waals surface area (Å²) in [4.78, 5) is 16.9. The number of aromatic nitrogens is 3. The number of benzene rings is 2. The number of carbonyl (C=O) groups is 1. The first-order chi connectivity index (χ1) is 13.7. The van der Waals surface area contributed by atoms with E-state index in [1.807, 2.05) is 73.7 Å². The molecule has 0 saturated carbocycles. The molecule has 1 amide bonds. The molecule has 138 valence electrons. The zero-order valence-corrected chi connectivity index (χ0v) is 15.5. The molecule has 2 aromatic heterocycles. The lowest BCUT2D eigenvalue weighted by Gasteiger charge is -2.06. The maximum Gasteiger partial charge on any atom is 0.272 e. The molecule has 1 N–H and O–H groups in total. The smallest absolute Gasteiger partial charge is 0.272 e. The highest BCUT2D eigenvalue weighted by atomic mass is 16.1. The number of para-hydroxylation sites is 1. The van der Waals surface area contributed by atoms with Crippen molar-refractivity contribution in [2.24, 2.45) is 0 Å². The zero-order valence-electron chi connectivity index (χ0n) is 15.5. The van der Waals surface area contributed by atoms with Crippen molar-refractivity contribution in [1.29, 1.82) is 0 Å². The SMILES string of the molecule is Cc1ccc(CNC(=O)c2cc(-c3cccnc3)n(-c3ccccc3)n2)cc1. The van der Waals surface area contributed by atoms with Gasteiger partial charge < -0.3 is 5.32 Å². The highest BCUT2D eigenvalue weighted by Crippen LogP contribution is 2.23. The van der Waals surface area contributed by atoms with Crippen molar-refractivity contribution >= 4 is 5.91 Å². The number of pyridine rings is 1. The van der Waals surface area contributed by atoms with E-state index >= 15 is 0 Å². The van der Waals surface area contributed by atoms with Crippen LogP contribution in [0.3, 0.4) is 0 Å². The molecule has 0 unspecified atom stereocenters. The number of aryl methyl sites for hydroxylation is 1. The molecule has 0 saturated heterocycles. The van der Waals surface area contributed by atoms with Crippen LogP contribution in [0, 0.1) is 6.92 Å². The Hall–Kier alpha value is -3.73. The van der Waals surface area contributed by atoms with E-state index in [0.717, 1.165) is 22.5 Å². The van der Waals surface area contributed by atoms with Gasteiger partial charge in [0.05, 0.1) is 11.4 Å². The van der Waals surface area contributed by atoms with E-state index in [4.69, 9.17) is 0 Å². The first-order valence-electron chi connectivity index (χ1n) is 9.10. The summed E-state index contributed by atoms with van der Waals surface area (Å²) in [5.41, 5.74) is 5.22. The third-order valence-corrected chi connectivity index (χ3v) is 4.47. The lowest BCUT2D eigenvalue weighted by atomic mass is 10.1. The fourth-order valence-corrected chi connectivity index (χ4v) is 2.96. The summed E-state index contributed by atoms with van der Waals surface area (Å²) >= 11 is 0. The van der Waals surface area contributed by atoms with Gasteiger partial charge in [-0.15, -0.1) is 0 Å². The average Bonchev–Trinajstić information content (AvgIpc) is 3.20. The van der Waals surface area contributed by atoms with E-state index in [2.05, 4.69) is 15.4 Å². The van der Waals surface area contributed by atoms with Crippen molar-refractivity contribution in [1.82, 2.24) is 20.1 Å². The van der Waals surface area contributed by atoms with Crippen LogP contribution in [0.2, 0.25) is 0 Å². The van der Waals surface area contributed by atoms with Crippen molar-refractivity contribution in [3.05, 3.63) is 102 Å². The minimum atomic E-state index is -0.208. The highest BCUT2D eigenvalue weighted by molar-refractivity contribution is 5.93. The molecule has 0 aliphatic heterocycles. The first-order valence-corrected chi connectivity index (χ1v) is 9.10. The molecular formula is C23H20N4O. The van der Waals surface area contributed by atoms with Crippen LogP contribution in [0.1, 0.15) is 21.6 Å². The second kappa shape index (κ2) is 7.88. The summed E-state index contributed by atoms with van der Waals surface area (Å²) in [5.74, 6) is -0.208. The summed E-state index contributed by atoms with van der Waals surface area (Å²) < 4.78 is 1.78. The monoisotopic (exact) mass is 368 g/mol. The van der Waals surface area contributed by atoms with Gasteiger partial charge in [0.2, 0.25) is 0 Å². The first kappa shape index (κ1) is 17.7. The van der Waals surface area contributed by atoms with Gasteiger partial charge in [-0.2, -0.15) is 5.10 Å². The second-order valence-electron chi connectivity index (χ2n) is 6.57. The zero-order chi connectivity index (χ0) is 19.3. The second-order valence-corrected chi connectivity index (χ2v) is 6.57. The maximum atomic E-state index is 12.7. The molecule has 2 aromatic carbocycles.